The van der Waals surface area contributed by atoms with Crippen LogP contribution < -0.4 is 0 Å². The third-order valence-corrected chi connectivity index (χ3v) is 1.91. The van der Waals surface area contributed by atoms with E-state index in [0.29, 0.717) is 0 Å². The summed E-state index contributed by atoms with van der Waals surface area (Å²) in [6, 6.07) is 3.25. The van der Waals surface area contributed by atoms with E-state index in [0.717, 1.165) is 0 Å². The van der Waals surface area contributed by atoms with E-state index in [4.69, 9.17) is 23.7 Å². The number of nitrogens with one attached hydrogen (secondary N) is 2. The van der Waals surface area contributed by atoms with Gasteiger partial charge in [0.05, 0.1) is 0 Å². The number of aliphatic imine (C=N–C) groups is 1. The Morgan fingerprint density at radius 3 is 2.05 bits per heavy atom. The maximum absolute atomic E-state index is 12.1. The fraction of sp³-hybridized carbons (Fsp3) is 0. The van der Waals surface area contributed by atoms with Gasteiger partial charge in [0, 0.05) is 0 Å². The number of nitriles is 2. The molecule has 2 aromatic heterocycles. The molecule has 0 bridgehead atoms. The van der Waals surface area contributed by atoms with E-state index < -0.39 is 6.08 Å². The van der Waals surface area contributed by atoms with Crippen LogP contribution in [0.2, 0.25) is 0 Å². The molecule has 2 N–H and O–H groups in total. The molecule has 22 heavy (non-hydrogen) atoms. The summed E-state index contributed by atoms with van der Waals surface area (Å²) in [5.41, 5.74) is -0.272. The third kappa shape index (κ3) is 3.59. The smallest absolute Gasteiger partial charge is 0.361 e. The molecule has 0 aliphatic carbocycles. The largest absolute Gasteiger partial charge is 0.362 e. The minimum Gasteiger partial charge on any atom is -0.361 e. The van der Waals surface area contributed by atoms with Gasteiger partial charge in [0.25, 0.3) is 11.6 Å². The van der Waals surface area contributed by atoms with Gasteiger partial charge in [-0.3, -0.25) is 9.97 Å². The van der Waals surface area contributed by atoms with Gasteiger partial charge in [-0.25, -0.2) is 4.79 Å². The maximum atomic E-state index is 12.1. The number of carbonyl (C=O) groups excluding carboxylic acids is 1. The van der Waals surface area contributed by atoms with Crippen molar-refractivity contribution < 1.29 is 9.18 Å². The zero-order valence-corrected chi connectivity index (χ0v) is 10.4. The van der Waals surface area contributed by atoms with Crippen LogP contribution in [0.5, 0.6) is 0 Å². The molecular formula is C11H2FN9O. The van der Waals surface area contributed by atoms with Crippen LogP contribution in [0.25, 0.3) is 9.69 Å². The summed E-state index contributed by atoms with van der Waals surface area (Å²) in [6.07, 6.45) is 0.341. The van der Waals surface area contributed by atoms with Crippen LogP contribution in [0.15, 0.2) is 4.99 Å². The van der Waals surface area contributed by atoms with Gasteiger partial charge in [-0.1, -0.05) is 13.1 Å². The summed E-state index contributed by atoms with van der Waals surface area (Å²) in [7, 11) is 0. The van der Waals surface area contributed by atoms with Gasteiger partial charge >= 0.3 is 12.0 Å². The van der Waals surface area contributed by atoms with E-state index in [9.17, 15) is 9.18 Å². The predicted molar refractivity (Wildman–Crippen MR) is 66.9 cm³/mol. The molecule has 10 nitrogen and oxygen atoms in total. The van der Waals surface area contributed by atoms with Gasteiger partial charge in [0.2, 0.25) is 6.08 Å². The van der Waals surface area contributed by atoms with Crippen LogP contribution in [0, 0.1) is 41.9 Å². The highest BCUT2D eigenvalue weighted by Gasteiger charge is 2.09. The highest BCUT2D eigenvalue weighted by molar-refractivity contribution is 5.54. The number of isocyanates is 1. The highest BCUT2D eigenvalue weighted by atomic mass is 19.1. The number of nitrogens with zero attached hydrogens (tertiary/aromatic N) is 7. The first-order valence-corrected chi connectivity index (χ1v) is 5.08. The number of hydrogen-bond acceptors (Lipinski definition) is 6. The topological polar surface area (TPSA) is 143 Å². The van der Waals surface area contributed by atoms with Crippen LogP contribution in [0.1, 0.15) is 11.4 Å². The molecule has 0 spiro atoms. The fourth-order valence-electron chi connectivity index (χ4n) is 1.10. The van der Waals surface area contributed by atoms with E-state index in [-0.39, 0.29) is 29.0 Å². The van der Waals surface area contributed by atoms with Crippen molar-refractivity contribution in [2.75, 3.05) is 0 Å². The molecule has 11 heteroatoms. The Labute approximate surface area is 121 Å². The number of H-pyrrole nitrogens is 2. The van der Waals surface area contributed by atoms with Gasteiger partial charge in [0.15, 0.2) is 11.4 Å². The Morgan fingerprint density at radius 2 is 1.64 bits per heavy atom. The molecule has 0 atom stereocenters. The number of hydrogen-bond donors (Lipinski definition) is 2. The average Bonchev–Trinajstić information content (AvgIpc) is 3.10. The molecule has 0 aliphatic rings. The van der Waals surface area contributed by atoms with Crippen molar-refractivity contribution in [2.45, 2.75) is 0 Å². The minimum atomic E-state index is -0.900. The van der Waals surface area contributed by atoms with Crippen molar-refractivity contribution in [3.8, 4) is 12.1 Å². The van der Waals surface area contributed by atoms with Crippen molar-refractivity contribution in [3.05, 3.63) is 40.3 Å². The van der Waals surface area contributed by atoms with Crippen LogP contribution in [0.3, 0.4) is 0 Å². The summed E-state index contributed by atoms with van der Waals surface area (Å²) in [6.45, 7) is 13.0. The molecule has 0 aliphatic heterocycles. The summed E-state index contributed by atoms with van der Waals surface area (Å²) < 4.78 is 12.1. The molecule has 0 fully saturated rings. The second kappa shape index (κ2) is 7.32. The molecule has 2 rings (SSSR count). The molecule has 0 unspecified atom stereocenters. The maximum Gasteiger partial charge on any atom is 0.362 e. The second-order valence-electron chi connectivity index (χ2n) is 3.13. The molecule has 104 valence electrons. The molecule has 2 heterocycles. The Morgan fingerprint density at radius 1 is 1.09 bits per heavy atom. The van der Waals surface area contributed by atoms with E-state index in [2.05, 4.69) is 29.6 Å². The standard InChI is InChI=1S/C6HN5O.C5HFN4/c1-8-5-4(2-7)10-6(11-5)9-3-12;1-8-4-3(2-7)9-5(6)10-4/h(H,10,11);(H,9,10). The Balaban J connectivity index is 0.000000224. The fourth-order valence-corrected chi connectivity index (χ4v) is 1.10. The van der Waals surface area contributed by atoms with E-state index in [1.807, 2.05) is 4.98 Å². The molecule has 2 aromatic rings. The molecule has 0 radical (unpaired) electrons. The normalized spacial score (nSPS) is 8.05. The first kappa shape index (κ1) is 15.7. The van der Waals surface area contributed by atoms with Gasteiger partial charge < -0.3 is 9.69 Å². The minimum absolute atomic E-state index is 0.0218. The number of rotatable bonds is 1. The van der Waals surface area contributed by atoms with Gasteiger partial charge in [0.1, 0.15) is 12.1 Å². The molecule has 0 saturated heterocycles. The average molecular weight is 295 g/mol. The van der Waals surface area contributed by atoms with Crippen LogP contribution in [0.4, 0.5) is 22.0 Å². The van der Waals surface area contributed by atoms with Gasteiger partial charge in [-0.2, -0.15) is 20.5 Å². The zero-order valence-electron chi connectivity index (χ0n) is 10.4. The first-order valence-electron chi connectivity index (χ1n) is 5.08. The highest BCUT2D eigenvalue weighted by Crippen LogP contribution is 2.18. The number of imidazole rings is 2. The SMILES string of the molecule is [C-]#[N+]c1[nH]c(F)nc1C#N.[C-]#[N+]c1[nH]c(N=C=O)nc1C#N. The summed E-state index contributed by atoms with van der Waals surface area (Å²) in [5, 5.41) is 16.6. The van der Waals surface area contributed by atoms with Crippen molar-refractivity contribution in [1.82, 2.24) is 19.9 Å². The molecular weight excluding hydrogens is 293 g/mol. The quantitative estimate of drug-likeness (QED) is 0.468. The van der Waals surface area contributed by atoms with E-state index in [1.54, 1.807) is 12.1 Å². The lowest BCUT2D eigenvalue weighted by atomic mass is 10.5. The predicted octanol–water partition coefficient (Wildman–Crippen LogP) is 1.77. The van der Waals surface area contributed by atoms with E-state index in [1.165, 1.54) is 6.08 Å². The van der Waals surface area contributed by atoms with Crippen molar-refractivity contribution in [1.29, 1.82) is 10.5 Å². The lowest BCUT2D eigenvalue weighted by Crippen LogP contribution is -1.73. The molecule has 0 amide bonds. The summed E-state index contributed by atoms with van der Waals surface area (Å²) in [5.74, 6) is -0.251. The van der Waals surface area contributed by atoms with Crippen LogP contribution in [-0.4, -0.2) is 26.0 Å². The van der Waals surface area contributed by atoms with Gasteiger partial charge in [-0.15, -0.1) is 9.38 Å². The van der Waals surface area contributed by atoms with Crippen molar-refractivity contribution in [3.63, 3.8) is 0 Å². The monoisotopic (exact) mass is 295 g/mol. The van der Waals surface area contributed by atoms with Crippen LogP contribution in [-0.2, 0) is 4.79 Å². The van der Waals surface area contributed by atoms with Crippen molar-refractivity contribution in [2.24, 2.45) is 4.99 Å². The Bertz CT molecular complexity index is 842. The lowest BCUT2D eigenvalue weighted by molar-refractivity contribution is 0.552. The first-order chi connectivity index (χ1) is 10.6. The van der Waals surface area contributed by atoms with Gasteiger partial charge in [-0.05, 0) is 0 Å². The number of aromatic nitrogens is 4. The van der Waals surface area contributed by atoms with Crippen LogP contribution >= 0.6 is 0 Å². The molecule has 0 saturated carbocycles. The summed E-state index contributed by atoms with van der Waals surface area (Å²) >= 11 is 0. The number of halogens is 1. The lowest BCUT2D eigenvalue weighted by Gasteiger charge is -1.76. The number of aromatic amines is 2. The zero-order chi connectivity index (χ0) is 16.5. The van der Waals surface area contributed by atoms with Crippen molar-refractivity contribution >= 4 is 23.7 Å². The Hall–Kier alpha value is -4.31. The molecule has 0 aromatic carbocycles. The second-order valence-corrected chi connectivity index (χ2v) is 3.13. The third-order valence-electron chi connectivity index (χ3n) is 1.91. The van der Waals surface area contributed by atoms with E-state index >= 15 is 0 Å². The Kier molecular flexibility index (Phi) is 5.24. The summed E-state index contributed by atoms with van der Waals surface area (Å²) in [4.78, 5) is 29.7.